The van der Waals surface area contributed by atoms with E-state index in [4.69, 9.17) is 0 Å². The number of nitrogens with one attached hydrogen (secondary N) is 2. The van der Waals surface area contributed by atoms with Crippen molar-refractivity contribution in [2.45, 2.75) is 50.1 Å². The first-order chi connectivity index (χ1) is 19.5. The lowest BCUT2D eigenvalue weighted by molar-refractivity contribution is -0.147. The zero-order valence-corrected chi connectivity index (χ0v) is 24.4. The number of aliphatic hydroxyl groups is 1. The van der Waals surface area contributed by atoms with E-state index in [9.17, 15) is 24.6 Å². The van der Waals surface area contributed by atoms with Gasteiger partial charge < -0.3 is 20.4 Å². The van der Waals surface area contributed by atoms with Crippen molar-refractivity contribution in [3.05, 3.63) is 95.6 Å². The van der Waals surface area contributed by atoms with E-state index in [2.05, 4.69) is 10.7 Å². The molecule has 1 fully saturated rings. The van der Waals surface area contributed by atoms with Crippen LogP contribution in [0.3, 0.4) is 0 Å². The second-order valence-electron chi connectivity index (χ2n) is 10.6. The van der Waals surface area contributed by atoms with Crippen molar-refractivity contribution in [3.63, 3.8) is 0 Å². The molecule has 0 radical (unpaired) electrons. The number of aliphatic hydroxyl groups excluding tert-OH is 1. The molecule has 1 aliphatic rings. The fourth-order valence-corrected chi connectivity index (χ4v) is 6.06. The molecule has 0 aliphatic carbocycles. The Morgan fingerprint density at radius 3 is 2.32 bits per heavy atom. The van der Waals surface area contributed by atoms with Gasteiger partial charge in [-0.05, 0) is 57.0 Å². The van der Waals surface area contributed by atoms with Crippen LogP contribution in [0.15, 0.2) is 78.9 Å². The molecule has 1 heterocycles. The summed E-state index contributed by atoms with van der Waals surface area (Å²) in [5, 5.41) is 25.9. The average molecular weight is 577 g/mol. The lowest BCUT2D eigenvalue weighted by Crippen LogP contribution is -2.60. The first kappa shape index (κ1) is 30.0. The van der Waals surface area contributed by atoms with Crippen molar-refractivity contribution in [2.75, 3.05) is 17.9 Å². The number of amides is 3. The molecule has 1 aliphatic heterocycles. The van der Waals surface area contributed by atoms with Crippen molar-refractivity contribution in [1.29, 1.82) is 0 Å². The minimum Gasteiger partial charge on any atom is -0.508 e. The predicted molar refractivity (Wildman–Crippen MR) is 160 cm³/mol. The molecule has 0 saturated carbocycles. The summed E-state index contributed by atoms with van der Waals surface area (Å²) in [6.45, 7) is 5.40. The Morgan fingerprint density at radius 2 is 1.66 bits per heavy atom. The minimum absolute atomic E-state index is 0.0282. The van der Waals surface area contributed by atoms with Crippen LogP contribution in [-0.2, 0) is 16.0 Å². The maximum atomic E-state index is 13.9. The number of phenols is 1. The smallest absolute Gasteiger partial charge is 0.262 e. The van der Waals surface area contributed by atoms with Crippen molar-refractivity contribution in [2.24, 2.45) is 0 Å². The Balaban J connectivity index is 1.57. The van der Waals surface area contributed by atoms with Crippen LogP contribution in [-0.4, -0.2) is 68.7 Å². The maximum Gasteiger partial charge on any atom is 0.262 e. The van der Waals surface area contributed by atoms with Gasteiger partial charge in [-0.15, -0.1) is 11.8 Å². The maximum absolute atomic E-state index is 13.9. The van der Waals surface area contributed by atoms with Gasteiger partial charge >= 0.3 is 0 Å². The Kier molecular flexibility index (Phi) is 9.25. The van der Waals surface area contributed by atoms with Gasteiger partial charge in [0.25, 0.3) is 17.7 Å². The van der Waals surface area contributed by atoms with Crippen LogP contribution in [0.1, 0.15) is 35.3 Å². The minimum atomic E-state index is -1.63. The van der Waals surface area contributed by atoms with Crippen LogP contribution in [0.5, 0.6) is 5.75 Å². The van der Waals surface area contributed by atoms with Crippen LogP contribution in [0.25, 0.3) is 0 Å². The van der Waals surface area contributed by atoms with Gasteiger partial charge in [-0.2, -0.15) is 0 Å². The molecule has 0 aromatic heterocycles. The Morgan fingerprint density at radius 1 is 1.02 bits per heavy atom. The van der Waals surface area contributed by atoms with Crippen molar-refractivity contribution < 1.29 is 24.6 Å². The molecule has 3 amide bonds. The number of aromatic hydroxyl groups is 1. The normalized spacial score (nSPS) is 17.4. The van der Waals surface area contributed by atoms with Crippen LogP contribution < -0.4 is 15.8 Å². The highest BCUT2D eigenvalue weighted by atomic mass is 32.2. The third-order valence-electron chi connectivity index (χ3n) is 7.30. The summed E-state index contributed by atoms with van der Waals surface area (Å²) < 4.78 is -0.631. The molecular weight excluding hydrogens is 540 g/mol. The zero-order valence-electron chi connectivity index (χ0n) is 23.6. The Bertz CT molecular complexity index is 1390. The third kappa shape index (κ3) is 6.83. The quantitative estimate of drug-likeness (QED) is 0.289. The van der Waals surface area contributed by atoms with Gasteiger partial charge in [-0.3, -0.25) is 24.8 Å². The number of phenolic OH excluding ortho intramolecular Hbond substituents is 1. The number of benzene rings is 3. The topological polar surface area (TPSA) is 122 Å². The first-order valence-corrected chi connectivity index (χ1v) is 14.3. The van der Waals surface area contributed by atoms with Gasteiger partial charge in [0, 0.05) is 22.9 Å². The fraction of sp³-hybridized carbons (Fsp3) is 0.323. The molecule has 3 aromatic rings. The van der Waals surface area contributed by atoms with E-state index in [1.165, 1.54) is 22.7 Å². The number of hydrazine groups is 1. The molecule has 9 nitrogen and oxygen atoms in total. The number of hydrogen-bond donors (Lipinski definition) is 4. The average Bonchev–Trinajstić information content (AvgIpc) is 3.29. The molecule has 3 unspecified atom stereocenters. The number of nitrogens with zero attached hydrogens (tertiary/aromatic N) is 2. The third-order valence-corrected chi connectivity index (χ3v) is 8.67. The SMILES string of the molecule is Cc1c(O)cccc1C(=O)NC(Cc1ccccc1)C(O)C(=O)N1CSC(C)(C)C1C(=O)NN(C)c1ccccc1. The van der Waals surface area contributed by atoms with Crippen LogP contribution in [0.2, 0.25) is 0 Å². The van der Waals surface area contributed by atoms with Gasteiger partial charge in [-0.1, -0.05) is 54.6 Å². The van der Waals surface area contributed by atoms with E-state index in [1.807, 2.05) is 74.5 Å². The summed E-state index contributed by atoms with van der Waals surface area (Å²) in [7, 11) is 1.72. The van der Waals surface area contributed by atoms with Crippen LogP contribution in [0, 0.1) is 6.92 Å². The molecule has 3 atom stereocenters. The highest BCUT2D eigenvalue weighted by Gasteiger charge is 2.50. The van der Waals surface area contributed by atoms with Gasteiger partial charge in [0.1, 0.15) is 11.8 Å². The van der Waals surface area contributed by atoms with Crippen LogP contribution in [0.4, 0.5) is 5.69 Å². The Labute approximate surface area is 244 Å². The van der Waals surface area contributed by atoms with E-state index in [-0.39, 0.29) is 29.5 Å². The molecule has 10 heteroatoms. The lowest BCUT2D eigenvalue weighted by Gasteiger charge is -2.34. The van der Waals surface area contributed by atoms with E-state index >= 15 is 0 Å². The molecule has 216 valence electrons. The number of carbonyl (C=O) groups is 3. The van der Waals surface area contributed by atoms with E-state index < -0.39 is 34.7 Å². The summed E-state index contributed by atoms with van der Waals surface area (Å²) in [6, 6.07) is 21.3. The molecule has 1 saturated heterocycles. The zero-order chi connectivity index (χ0) is 29.7. The standard InChI is InChI=1S/C31H36N4O5S/c1-20-23(16-11-17-25(20)36)28(38)32-24(18-21-12-7-5-8-13-21)26(37)30(40)35-19-41-31(2,3)27(35)29(39)33-34(4)22-14-9-6-10-15-22/h5-17,24,26-27,36-37H,18-19H2,1-4H3,(H,32,38)(H,33,39). The summed E-state index contributed by atoms with van der Waals surface area (Å²) in [5.41, 5.74) is 5.08. The monoisotopic (exact) mass is 576 g/mol. The molecule has 41 heavy (non-hydrogen) atoms. The van der Waals surface area contributed by atoms with Gasteiger partial charge in [0.05, 0.1) is 17.6 Å². The molecule has 4 rings (SSSR count). The second-order valence-corrected chi connectivity index (χ2v) is 12.2. The largest absolute Gasteiger partial charge is 0.508 e. The summed E-state index contributed by atoms with van der Waals surface area (Å²) in [4.78, 5) is 42.0. The highest BCUT2D eigenvalue weighted by molar-refractivity contribution is 8.00. The molecule has 4 N–H and O–H groups in total. The molecular formula is C31H36N4O5S. The predicted octanol–water partition coefficient (Wildman–Crippen LogP) is 3.25. The molecule has 0 bridgehead atoms. The number of anilines is 1. The van der Waals surface area contributed by atoms with Crippen LogP contribution >= 0.6 is 11.8 Å². The highest BCUT2D eigenvalue weighted by Crippen LogP contribution is 2.40. The number of carbonyl (C=O) groups excluding carboxylic acids is 3. The number of para-hydroxylation sites is 1. The van der Waals surface area contributed by atoms with Gasteiger partial charge in [-0.25, -0.2) is 0 Å². The van der Waals surface area contributed by atoms with Crippen molar-refractivity contribution in [3.8, 4) is 5.75 Å². The lowest BCUT2D eigenvalue weighted by atomic mass is 9.96. The molecule has 3 aromatic carbocycles. The van der Waals surface area contributed by atoms with Crippen molar-refractivity contribution in [1.82, 2.24) is 15.6 Å². The van der Waals surface area contributed by atoms with E-state index in [0.717, 1.165) is 11.3 Å². The number of hydrogen-bond acceptors (Lipinski definition) is 7. The Hall–Kier alpha value is -4.02. The summed E-state index contributed by atoms with van der Waals surface area (Å²) in [5.74, 6) is -1.39. The van der Waals surface area contributed by atoms with Crippen molar-refractivity contribution >= 4 is 35.2 Å². The fourth-order valence-electron chi connectivity index (χ4n) is 4.92. The van der Waals surface area contributed by atoms with Gasteiger partial charge in [0.15, 0.2) is 6.10 Å². The van der Waals surface area contributed by atoms with E-state index in [0.29, 0.717) is 5.56 Å². The molecule has 0 spiro atoms. The summed E-state index contributed by atoms with van der Waals surface area (Å²) >= 11 is 1.44. The second kappa shape index (κ2) is 12.7. The van der Waals surface area contributed by atoms with Gasteiger partial charge in [0.2, 0.25) is 0 Å². The first-order valence-electron chi connectivity index (χ1n) is 13.3. The number of thioether (sulfide) groups is 1. The number of rotatable bonds is 9. The summed E-state index contributed by atoms with van der Waals surface area (Å²) in [6.07, 6.45) is -1.46. The van der Waals surface area contributed by atoms with E-state index in [1.54, 1.807) is 31.1 Å².